The van der Waals surface area contributed by atoms with Crippen LogP contribution in [0.15, 0.2) is 0 Å². The van der Waals surface area contributed by atoms with Gasteiger partial charge >= 0.3 is 5.97 Å². The van der Waals surface area contributed by atoms with E-state index in [1.165, 1.54) is 0 Å². The minimum absolute atomic E-state index is 0.274. The molecule has 2 atom stereocenters. The Morgan fingerprint density at radius 2 is 1.95 bits per heavy atom. The molecule has 1 rings (SSSR count). The van der Waals surface area contributed by atoms with Gasteiger partial charge in [0.2, 0.25) is 0 Å². The third kappa shape index (κ3) is 5.21. The van der Waals surface area contributed by atoms with Crippen LogP contribution in [0.4, 0.5) is 0 Å². The van der Waals surface area contributed by atoms with Gasteiger partial charge in [-0.05, 0) is 32.2 Å². The third-order valence-electron chi connectivity index (χ3n) is 4.29. The lowest BCUT2D eigenvalue weighted by Gasteiger charge is -2.31. The van der Waals surface area contributed by atoms with E-state index in [0.717, 1.165) is 32.5 Å². The Morgan fingerprint density at radius 3 is 2.43 bits per heavy atom. The first-order valence-electron chi connectivity index (χ1n) is 7.80. The lowest BCUT2D eigenvalue weighted by Crippen LogP contribution is -2.52. The molecule has 0 amide bonds. The van der Waals surface area contributed by atoms with Gasteiger partial charge in [0, 0.05) is 33.4 Å². The fourth-order valence-electron chi connectivity index (χ4n) is 3.02. The number of aliphatic carboxylic acids is 1. The fourth-order valence-corrected chi connectivity index (χ4v) is 3.02. The van der Waals surface area contributed by atoms with E-state index in [4.69, 9.17) is 9.47 Å². The molecule has 0 saturated heterocycles. The van der Waals surface area contributed by atoms with Crippen LogP contribution in [0.25, 0.3) is 0 Å². The topological polar surface area (TPSA) is 71.0 Å². The number of hydrogen-bond acceptors (Lipinski definition) is 5. The number of nitrogens with zero attached hydrogens (tertiary/aromatic N) is 1. The maximum Gasteiger partial charge on any atom is 0.323 e. The number of nitrogens with one attached hydrogen (secondary N) is 1. The first kappa shape index (κ1) is 18.4. The highest BCUT2D eigenvalue weighted by atomic mass is 16.5. The summed E-state index contributed by atoms with van der Waals surface area (Å²) in [5.74, 6) is -0.725. The Bertz CT molecular complexity index is 306. The van der Waals surface area contributed by atoms with Crippen molar-refractivity contribution in [3.05, 3.63) is 0 Å². The summed E-state index contributed by atoms with van der Waals surface area (Å²) in [7, 11) is 3.38. The number of carbonyl (C=O) groups is 1. The van der Waals surface area contributed by atoms with Gasteiger partial charge in [-0.1, -0.05) is 6.92 Å². The molecule has 1 aliphatic rings. The number of carboxylic acids is 1. The first-order valence-corrected chi connectivity index (χ1v) is 7.80. The Balaban J connectivity index is 2.66. The standard InChI is InChI=1S/C15H30N2O4/c1-4-7-16-15(14(18)19)6-5-13(12-15)17(8-10-20-2)9-11-21-3/h13,16H,4-12H2,1-3H3,(H,18,19). The summed E-state index contributed by atoms with van der Waals surface area (Å²) in [5.41, 5.74) is -0.765. The van der Waals surface area contributed by atoms with Gasteiger partial charge < -0.3 is 19.9 Å². The second-order valence-electron chi connectivity index (χ2n) is 5.73. The maximum absolute atomic E-state index is 11.7. The van der Waals surface area contributed by atoms with Gasteiger partial charge in [0.05, 0.1) is 13.2 Å². The van der Waals surface area contributed by atoms with E-state index < -0.39 is 11.5 Å². The number of hydrogen-bond donors (Lipinski definition) is 2. The average Bonchev–Trinajstić information content (AvgIpc) is 2.91. The lowest BCUT2D eigenvalue weighted by atomic mass is 9.97. The number of methoxy groups -OCH3 is 2. The van der Waals surface area contributed by atoms with Crippen LogP contribution in [-0.4, -0.2) is 74.6 Å². The molecule has 6 nitrogen and oxygen atoms in total. The van der Waals surface area contributed by atoms with E-state index >= 15 is 0 Å². The molecule has 1 fully saturated rings. The minimum atomic E-state index is -0.765. The first-order chi connectivity index (χ1) is 10.1. The predicted molar refractivity (Wildman–Crippen MR) is 81.6 cm³/mol. The maximum atomic E-state index is 11.7. The monoisotopic (exact) mass is 302 g/mol. The van der Waals surface area contributed by atoms with Crippen molar-refractivity contribution in [2.75, 3.05) is 47.1 Å². The largest absolute Gasteiger partial charge is 0.480 e. The summed E-state index contributed by atoms with van der Waals surface area (Å²) in [6.07, 6.45) is 3.17. The van der Waals surface area contributed by atoms with Gasteiger partial charge in [0.25, 0.3) is 0 Å². The molecular formula is C15H30N2O4. The lowest BCUT2D eigenvalue weighted by molar-refractivity contribution is -0.144. The van der Waals surface area contributed by atoms with Crippen molar-refractivity contribution in [1.29, 1.82) is 0 Å². The van der Waals surface area contributed by atoms with Crippen LogP contribution in [0.3, 0.4) is 0 Å². The Labute approximate surface area is 127 Å². The number of rotatable bonds is 11. The van der Waals surface area contributed by atoms with Crippen molar-refractivity contribution in [2.24, 2.45) is 0 Å². The van der Waals surface area contributed by atoms with E-state index in [1.54, 1.807) is 14.2 Å². The summed E-state index contributed by atoms with van der Waals surface area (Å²) in [4.78, 5) is 14.0. The molecule has 1 aliphatic carbocycles. The molecule has 0 aromatic heterocycles. The van der Waals surface area contributed by atoms with Crippen LogP contribution in [0, 0.1) is 0 Å². The second-order valence-corrected chi connectivity index (χ2v) is 5.73. The van der Waals surface area contributed by atoms with Crippen LogP contribution in [0.1, 0.15) is 32.6 Å². The van der Waals surface area contributed by atoms with Crippen LogP contribution in [-0.2, 0) is 14.3 Å². The van der Waals surface area contributed by atoms with E-state index in [0.29, 0.717) is 26.1 Å². The van der Waals surface area contributed by atoms with Crippen LogP contribution in [0.5, 0.6) is 0 Å². The molecule has 0 bridgehead atoms. The molecule has 6 heteroatoms. The molecule has 2 unspecified atom stereocenters. The van der Waals surface area contributed by atoms with Gasteiger partial charge in [-0.3, -0.25) is 9.69 Å². The summed E-state index contributed by atoms with van der Waals surface area (Å²) >= 11 is 0. The zero-order valence-corrected chi connectivity index (χ0v) is 13.6. The highest BCUT2D eigenvalue weighted by molar-refractivity contribution is 5.79. The smallest absolute Gasteiger partial charge is 0.323 e. The molecular weight excluding hydrogens is 272 g/mol. The molecule has 1 saturated carbocycles. The van der Waals surface area contributed by atoms with Crippen LogP contribution < -0.4 is 5.32 Å². The predicted octanol–water partition coefficient (Wildman–Crippen LogP) is 0.957. The van der Waals surface area contributed by atoms with Crippen LogP contribution in [0.2, 0.25) is 0 Å². The van der Waals surface area contributed by atoms with E-state index in [2.05, 4.69) is 17.1 Å². The zero-order chi connectivity index (χ0) is 15.7. The van der Waals surface area contributed by atoms with Crippen LogP contribution >= 0.6 is 0 Å². The quantitative estimate of drug-likeness (QED) is 0.592. The molecule has 0 heterocycles. The van der Waals surface area contributed by atoms with Crippen molar-refractivity contribution in [1.82, 2.24) is 10.2 Å². The Hall–Kier alpha value is -0.690. The van der Waals surface area contributed by atoms with Crippen molar-refractivity contribution < 1.29 is 19.4 Å². The fraction of sp³-hybridized carbons (Fsp3) is 0.933. The van der Waals surface area contributed by atoms with E-state index in [-0.39, 0.29) is 6.04 Å². The van der Waals surface area contributed by atoms with Gasteiger partial charge in [-0.15, -0.1) is 0 Å². The molecule has 0 spiro atoms. The Kier molecular flexibility index (Phi) is 8.18. The van der Waals surface area contributed by atoms with E-state index in [9.17, 15) is 9.90 Å². The second kappa shape index (κ2) is 9.35. The molecule has 0 aromatic carbocycles. The van der Waals surface area contributed by atoms with Crippen molar-refractivity contribution in [3.8, 4) is 0 Å². The summed E-state index contributed by atoms with van der Waals surface area (Å²) in [6, 6.07) is 0.274. The molecule has 0 aromatic rings. The summed E-state index contributed by atoms with van der Waals surface area (Å²) in [5, 5.41) is 12.9. The summed E-state index contributed by atoms with van der Waals surface area (Å²) < 4.78 is 10.3. The molecule has 124 valence electrons. The van der Waals surface area contributed by atoms with Gasteiger partial charge in [-0.2, -0.15) is 0 Å². The van der Waals surface area contributed by atoms with E-state index in [1.807, 2.05) is 0 Å². The summed E-state index contributed by atoms with van der Waals surface area (Å²) in [6.45, 7) is 5.74. The highest BCUT2D eigenvalue weighted by Crippen LogP contribution is 2.33. The molecule has 0 radical (unpaired) electrons. The van der Waals surface area contributed by atoms with Crippen molar-refractivity contribution in [3.63, 3.8) is 0 Å². The number of carboxylic acid groups (broad SMARTS) is 1. The third-order valence-corrected chi connectivity index (χ3v) is 4.29. The molecule has 0 aliphatic heterocycles. The highest BCUT2D eigenvalue weighted by Gasteiger charge is 2.46. The van der Waals surface area contributed by atoms with Crippen molar-refractivity contribution >= 4 is 5.97 Å². The molecule has 21 heavy (non-hydrogen) atoms. The van der Waals surface area contributed by atoms with Gasteiger partial charge in [-0.25, -0.2) is 0 Å². The number of ether oxygens (including phenoxy) is 2. The van der Waals surface area contributed by atoms with Crippen molar-refractivity contribution in [2.45, 2.75) is 44.2 Å². The van der Waals surface area contributed by atoms with Gasteiger partial charge in [0.15, 0.2) is 0 Å². The Morgan fingerprint density at radius 1 is 1.33 bits per heavy atom. The molecule has 2 N–H and O–H groups in total. The normalized spacial score (nSPS) is 25.6. The SMILES string of the molecule is CCCNC1(C(=O)O)CCC(N(CCOC)CCOC)C1. The zero-order valence-electron chi connectivity index (χ0n) is 13.6. The van der Waals surface area contributed by atoms with Gasteiger partial charge in [0.1, 0.15) is 5.54 Å². The minimum Gasteiger partial charge on any atom is -0.480 e. The average molecular weight is 302 g/mol.